The van der Waals surface area contributed by atoms with E-state index in [4.69, 9.17) is 4.74 Å². The molecule has 1 unspecified atom stereocenters. The lowest BCUT2D eigenvalue weighted by Crippen LogP contribution is -2.23. The zero-order valence-corrected chi connectivity index (χ0v) is 10.7. The fraction of sp³-hybridized carbons (Fsp3) is 0.643. The SMILES string of the molecule is COc1cccnc1CN1C[C@H]2CC(O)C[C@H]2C1. The fourth-order valence-electron chi connectivity index (χ4n) is 3.43. The molecule has 1 saturated heterocycles. The summed E-state index contributed by atoms with van der Waals surface area (Å²) in [5.41, 5.74) is 1.01. The fourth-order valence-corrected chi connectivity index (χ4v) is 3.43. The van der Waals surface area contributed by atoms with E-state index >= 15 is 0 Å². The van der Waals surface area contributed by atoms with Gasteiger partial charge in [-0.25, -0.2) is 0 Å². The summed E-state index contributed by atoms with van der Waals surface area (Å²) in [5.74, 6) is 2.22. The number of hydrogen-bond donors (Lipinski definition) is 1. The van der Waals surface area contributed by atoms with E-state index in [2.05, 4.69) is 9.88 Å². The Morgan fingerprint density at radius 2 is 2.11 bits per heavy atom. The number of ether oxygens (including phenoxy) is 1. The third-order valence-corrected chi connectivity index (χ3v) is 4.24. The summed E-state index contributed by atoms with van der Waals surface area (Å²) in [6.07, 6.45) is 3.70. The first kappa shape index (κ1) is 11.9. The van der Waals surface area contributed by atoms with Crippen LogP contribution >= 0.6 is 0 Å². The molecule has 3 atom stereocenters. The molecule has 2 fully saturated rings. The lowest BCUT2D eigenvalue weighted by molar-refractivity contribution is 0.160. The van der Waals surface area contributed by atoms with Gasteiger partial charge in [0.15, 0.2) is 0 Å². The van der Waals surface area contributed by atoms with E-state index in [0.29, 0.717) is 11.8 Å². The summed E-state index contributed by atoms with van der Waals surface area (Å²) < 4.78 is 5.34. The van der Waals surface area contributed by atoms with Crippen LogP contribution in [-0.4, -0.2) is 41.3 Å². The summed E-state index contributed by atoms with van der Waals surface area (Å²) in [6.45, 7) is 3.02. The van der Waals surface area contributed by atoms with Crippen LogP contribution in [0.2, 0.25) is 0 Å². The van der Waals surface area contributed by atoms with E-state index in [1.807, 2.05) is 18.3 Å². The number of rotatable bonds is 3. The van der Waals surface area contributed by atoms with Crippen LogP contribution in [0.5, 0.6) is 5.75 Å². The highest BCUT2D eigenvalue weighted by Crippen LogP contribution is 2.38. The van der Waals surface area contributed by atoms with Crippen molar-refractivity contribution in [2.24, 2.45) is 11.8 Å². The van der Waals surface area contributed by atoms with Crippen molar-refractivity contribution in [1.82, 2.24) is 9.88 Å². The van der Waals surface area contributed by atoms with Crippen molar-refractivity contribution in [3.05, 3.63) is 24.0 Å². The molecular formula is C14H20N2O2. The third-order valence-electron chi connectivity index (χ3n) is 4.24. The molecule has 0 aromatic carbocycles. The Kier molecular flexibility index (Phi) is 3.22. The normalized spacial score (nSPS) is 31.6. The van der Waals surface area contributed by atoms with Crippen LogP contribution in [0.1, 0.15) is 18.5 Å². The van der Waals surface area contributed by atoms with Crippen molar-refractivity contribution in [1.29, 1.82) is 0 Å². The minimum Gasteiger partial charge on any atom is -0.495 e. The highest BCUT2D eigenvalue weighted by atomic mass is 16.5. The summed E-state index contributed by atoms with van der Waals surface area (Å²) >= 11 is 0. The molecule has 3 rings (SSSR count). The van der Waals surface area contributed by atoms with E-state index in [-0.39, 0.29) is 6.10 Å². The minimum absolute atomic E-state index is 0.0634. The number of aromatic nitrogens is 1. The molecular weight excluding hydrogens is 228 g/mol. The molecule has 1 N–H and O–H groups in total. The Morgan fingerprint density at radius 1 is 1.39 bits per heavy atom. The maximum Gasteiger partial charge on any atom is 0.141 e. The highest BCUT2D eigenvalue weighted by molar-refractivity contribution is 5.26. The highest BCUT2D eigenvalue weighted by Gasteiger charge is 2.40. The standard InChI is InChI=1S/C14H20N2O2/c1-18-14-3-2-4-15-13(14)9-16-7-10-5-12(17)6-11(10)8-16/h2-4,10-12,17H,5-9H2,1H3/t10-,11+,12?. The Morgan fingerprint density at radius 3 is 2.78 bits per heavy atom. The van der Waals surface area contributed by atoms with Crippen LogP contribution in [0.15, 0.2) is 18.3 Å². The summed E-state index contributed by atoms with van der Waals surface area (Å²) in [4.78, 5) is 6.84. The minimum atomic E-state index is -0.0634. The lowest BCUT2D eigenvalue weighted by atomic mass is 10.0. The first-order valence-corrected chi connectivity index (χ1v) is 6.64. The number of methoxy groups -OCH3 is 1. The second kappa shape index (κ2) is 4.86. The van der Waals surface area contributed by atoms with Gasteiger partial charge in [0.2, 0.25) is 0 Å². The molecule has 4 heteroatoms. The van der Waals surface area contributed by atoms with E-state index in [0.717, 1.165) is 43.9 Å². The van der Waals surface area contributed by atoms with Crippen molar-refractivity contribution in [3.8, 4) is 5.75 Å². The smallest absolute Gasteiger partial charge is 0.141 e. The predicted molar refractivity (Wildman–Crippen MR) is 68.3 cm³/mol. The molecule has 2 aliphatic rings. The zero-order chi connectivity index (χ0) is 12.5. The quantitative estimate of drug-likeness (QED) is 0.875. The van der Waals surface area contributed by atoms with Crippen molar-refractivity contribution in [2.75, 3.05) is 20.2 Å². The Balaban J connectivity index is 1.65. The Labute approximate surface area is 108 Å². The monoisotopic (exact) mass is 248 g/mol. The van der Waals surface area contributed by atoms with Crippen molar-refractivity contribution < 1.29 is 9.84 Å². The average Bonchev–Trinajstić information content (AvgIpc) is 2.86. The maximum atomic E-state index is 9.64. The molecule has 2 heterocycles. The molecule has 0 radical (unpaired) electrons. The van der Waals surface area contributed by atoms with Gasteiger partial charge in [0.1, 0.15) is 5.75 Å². The maximum absolute atomic E-state index is 9.64. The summed E-state index contributed by atoms with van der Waals surface area (Å²) in [7, 11) is 1.69. The number of aliphatic hydroxyl groups excluding tert-OH is 1. The lowest BCUT2D eigenvalue weighted by Gasteiger charge is -2.18. The van der Waals surface area contributed by atoms with Crippen LogP contribution in [0.25, 0.3) is 0 Å². The number of fused-ring (bicyclic) bond motifs is 1. The zero-order valence-electron chi connectivity index (χ0n) is 10.7. The van der Waals surface area contributed by atoms with Gasteiger partial charge in [-0.15, -0.1) is 0 Å². The molecule has 4 nitrogen and oxygen atoms in total. The van der Waals surface area contributed by atoms with Gasteiger partial charge in [0.25, 0.3) is 0 Å². The molecule has 1 aliphatic heterocycles. The molecule has 0 bridgehead atoms. The average molecular weight is 248 g/mol. The summed E-state index contributed by atoms with van der Waals surface area (Å²) in [6, 6.07) is 3.86. The second-order valence-electron chi connectivity index (χ2n) is 5.49. The van der Waals surface area contributed by atoms with Gasteiger partial charge in [-0.1, -0.05) is 0 Å². The van der Waals surface area contributed by atoms with Gasteiger partial charge < -0.3 is 9.84 Å². The molecule has 1 saturated carbocycles. The van der Waals surface area contributed by atoms with E-state index < -0.39 is 0 Å². The van der Waals surface area contributed by atoms with Crippen LogP contribution in [0.3, 0.4) is 0 Å². The van der Waals surface area contributed by atoms with Gasteiger partial charge in [-0.3, -0.25) is 9.88 Å². The van der Waals surface area contributed by atoms with Crippen LogP contribution in [0.4, 0.5) is 0 Å². The molecule has 1 aliphatic carbocycles. The number of pyridine rings is 1. The van der Waals surface area contributed by atoms with Gasteiger partial charge in [-0.2, -0.15) is 0 Å². The first-order chi connectivity index (χ1) is 8.76. The van der Waals surface area contributed by atoms with Crippen molar-refractivity contribution >= 4 is 0 Å². The first-order valence-electron chi connectivity index (χ1n) is 6.64. The van der Waals surface area contributed by atoms with E-state index in [9.17, 15) is 5.11 Å². The number of hydrogen-bond acceptors (Lipinski definition) is 4. The molecule has 98 valence electrons. The number of likely N-dealkylation sites (tertiary alicyclic amines) is 1. The van der Waals surface area contributed by atoms with Crippen LogP contribution in [-0.2, 0) is 6.54 Å². The molecule has 0 amide bonds. The van der Waals surface area contributed by atoms with Gasteiger partial charge in [0.05, 0.1) is 18.9 Å². The molecule has 1 aromatic heterocycles. The topological polar surface area (TPSA) is 45.6 Å². The van der Waals surface area contributed by atoms with E-state index in [1.165, 1.54) is 0 Å². The molecule has 18 heavy (non-hydrogen) atoms. The predicted octanol–water partition coefficient (Wildman–Crippen LogP) is 1.29. The third kappa shape index (κ3) is 2.22. The van der Waals surface area contributed by atoms with Gasteiger partial charge in [0, 0.05) is 25.8 Å². The molecule has 0 spiro atoms. The Hall–Kier alpha value is -1.13. The Bertz CT molecular complexity index is 410. The van der Waals surface area contributed by atoms with Crippen molar-refractivity contribution in [2.45, 2.75) is 25.5 Å². The van der Waals surface area contributed by atoms with Crippen LogP contribution in [0, 0.1) is 11.8 Å². The largest absolute Gasteiger partial charge is 0.495 e. The van der Waals surface area contributed by atoms with Crippen LogP contribution < -0.4 is 4.74 Å². The van der Waals surface area contributed by atoms with Gasteiger partial charge >= 0.3 is 0 Å². The number of aliphatic hydroxyl groups is 1. The van der Waals surface area contributed by atoms with E-state index in [1.54, 1.807) is 7.11 Å². The summed E-state index contributed by atoms with van der Waals surface area (Å²) in [5, 5.41) is 9.64. The van der Waals surface area contributed by atoms with Crippen molar-refractivity contribution in [3.63, 3.8) is 0 Å². The molecule has 1 aromatic rings. The number of nitrogens with zero attached hydrogens (tertiary/aromatic N) is 2. The van der Waals surface area contributed by atoms with Gasteiger partial charge in [-0.05, 0) is 36.8 Å². The second-order valence-corrected chi connectivity index (χ2v) is 5.49.